The molecule has 0 radical (unpaired) electrons. The standard InChI is InChI=1S/C18H15O3P.2HI/c1-4-10-16(11-5-1)19-22(20-17-12-6-2-7-13-17)21-18-14-8-3-9-15-18;;/h1-15H;2*1H. The molecule has 0 aliphatic carbocycles. The van der Waals surface area contributed by atoms with E-state index in [0.717, 1.165) is 0 Å². The fourth-order valence-corrected chi connectivity index (χ4v) is 2.75. The average molecular weight is 566 g/mol. The van der Waals surface area contributed by atoms with Gasteiger partial charge in [0.2, 0.25) is 0 Å². The van der Waals surface area contributed by atoms with Crippen molar-refractivity contribution in [2.24, 2.45) is 0 Å². The Morgan fingerprint density at radius 1 is 0.417 bits per heavy atom. The molecular formula is C18H17I2O3P. The molecule has 0 saturated carbocycles. The third-order valence-electron chi connectivity index (χ3n) is 2.77. The zero-order chi connectivity index (χ0) is 15.0. The number of rotatable bonds is 6. The van der Waals surface area contributed by atoms with Gasteiger partial charge >= 0.3 is 8.60 Å². The van der Waals surface area contributed by atoms with E-state index in [-0.39, 0.29) is 48.0 Å². The summed E-state index contributed by atoms with van der Waals surface area (Å²) in [6, 6.07) is 28.5. The molecule has 126 valence electrons. The Kier molecular flexibility index (Phi) is 10.1. The number of hydrogen-bond acceptors (Lipinski definition) is 3. The van der Waals surface area contributed by atoms with Crippen LogP contribution in [-0.2, 0) is 0 Å². The van der Waals surface area contributed by atoms with Gasteiger partial charge in [-0.25, -0.2) is 0 Å². The molecule has 0 saturated heterocycles. The van der Waals surface area contributed by atoms with Crippen molar-refractivity contribution in [1.29, 1.82) is 0 Å². The van der Waals surface area contributed by atoms with Crippen molar-refractivity contribution in [3.05, 3.63) is 91.0 Å². The molecule has 0 aliphatic rings. The van der Waals surface area contributed by atoms with Crippen LogP contribution in [0.1, 0.15) is 0 Å². The Morgan fingerprint density at radius 2 is 0.667 bits per heavy atom. The van der Waals surface area contributed by atoms with Crippen LogP contribution < -0.4 is 13.6 Å². The molecule has 3 rings (SSSR count). The van der Waals surface area contributed by atoms with Gasteiger partial charge in [-0.05, 0) is 36.4 Å². The summed E-state index contributed by atoms with van der Waals surface area (Å²) < 4.78 is 17.5. The summed E-state index contributed by atoms with van der Waals surface area (Å²) in [6.07, 6.45) is 0. The van der Waals surface area contributed by atoms with Gasteiger partial charge < -0.3 is 13.6 Å². The maximum absolute atomic E-state index is 5.84. The fourth-order valence-electron chi connectivity index (χ4n) is 1.76. The molecule has 0 aromatic heterocycles. The van der Waals surface area contributed by atoms with E-state index in [4.69, 9.17) is 13.6 Å². The van der Waals surface area contributed by atoms with Gasteiger partial charge in [-0.3, -0.25) is 0 Å². The lowest BCUT2D eigenvalue weighted by Crippen LogP contribution is -2.02. The molecule has 0 bridgehead atoms. The molecule has 0 heterocycles. The van der Waals surface area contributed by atoms with Crippen molar-refractivity contribution in [2.45, 2.75) is 0 Å². The van der Waals surface area contributed by atoms with Crippen molar-refractivity contribution in [3.8, 4) is 17.2 Å². The van der Waals surface area contributed by atoms with E-state index >= 15 is 0 Å². The summed E-state index contributed by atoms with van der Waals surface area (Å²) in [7, 11) is -1.59. The average Bonchev–Trinajstić information content (AvgIpc) is 2.57. The van der Waals surface area contributed by atoms with Crippen LogP contribution >= 0.6 is 56.6 Å². The van der Waals surface area contributed by atoms with Gasteiger partial charge in [0.25, 0.3) is 0 Å². The van der Waals surface area contributed by atoms with Gasteiger partial charge in [0, 0.05) is 0 Å². The maximum atomic E-state index is 5.84. The summed E-state index contributed by atoms with van der Waals surface area (Å²) in [5, 5.41) is 0. The fraction of sp³-hybridized carbons (Fsp3) is 0. The lowest BCUT2D eigenvalue weighted by atomic mass is 10.3. The SMILES string of the molecule is I.I.c1ccc(OP(Oc2ccccc2)Oc2ccccc2)cc1. The monoisotopic (exact) mass is 566 g/mol. The first-order valence-corrected chi connectivity index (χ1v) is 7.99. The van der Waals surface area contributed by atoms with Gasteiger partial charge in [-0.15, -0.1) is 48.0 Å². The minimum absolute atomic E-state index is 0. The van der Waals surface area contributed by atoms with Crippen LogP contribution in [0.15, 0.2) is 91.0 Å². The van der Waals surface area contributed by atoms with E-state index in [1.165, 1.54) is 0 Å². The minimum Gasteiger partial charge on any atom is -0.409 e. The molecule has 0 atom stereocenters. The van der Waals surface area contributed by atoms with Gasteiger partial charge in [0.1, 0.15) is 17.2 Å². The zero-order valence-electron chi connectivity index (χ0n) is 12.6. The first-order valence-electron chi connectivity index (χ1n) is 6.89. The molecule has 24 heavy (non-hydrogen) atoms. The van der Waals surface area contributed by atoms with E-state index in [1.807, 2.05) is 91.0 Å². The molecule has 0 unspecified atom stereocenters. The summed E-state index contributed by atoms with van der Waals surface area (Å²) in [4.78, 5) is 0. The van der Waals surface area contributed by atoms with Crippen LogP contribution in [0.5, 0.6) is 17.2 Å². The highest BCUT2D eigenvalue weighted by Gasteiger charge is 2.19. The first kappa shape index (κ1) is 21.0. The van der Waals surface area contributed by atoms with E-state index in [0.29, 0.717) is 17.2 Å². The Balaban J connectivity index is 0.00000144. The molecule has 6 heteroatoms. The molecule has 0 spiro atoms. The van der Waals surface area contributed by atoms with E-state index in [9.17, 15) is 0 Å². The normalized spacial score (nSPS) is 9.38. The zero-order valence-corrected chi connectivity index (χ0v) is 18.2. The third kappa shape index (κ3) is 6.83. The van der Waals surface area contributed by atoms with Crippen LogP contribution in [0.2, 0.25) is 0 Å². The van der Waals surface area contributed by atoms with Crippen molar-refractivity contribution in [2.75, 3.05) is 0 Å². The molecule has 3 aromatic rings. The van der Waals surface area contributed by atoms with Crippen LogP contribution in [-0.4, -0.2) is 0 Å². The molecule has 0 N–H and O–H groups in total. The Morgan fingerprint density at radius 3 is 0.917 bits per heavy atom. The maximum Gasteiger partial charge on any atom is 0.530 e. The lowest BCUT2D eigenvalue weighted by Gasteiger charge is -2.17. The topological polar surface area (TPSA) is 27.7 Å². The van der Waals surface area contributed by atoms with E-state index in [2.05, 4.69) is 0 Å². The quantitative estimate of drug-likeness (QED) is 0.246. The van der Waals surface area contributed by atoms with Crippen molar-refractivity contribution >= 4 is 56.6 Å². The minimum atomic E-state index is -1.59. The molecule has 0 amide bonds. The highest BCUT2D eigenvalue weighted by atomic mass is 127. The molecule has 0 fully saturated rings. The van der Waals surface area contributed by atoms with Crippen LogP contribution in [0.4, 0.5) is 0 Å². The van der Waals surface area contributed by atoms with E-state index in [1.54, 1.807) is 0 Å². The van der Waals surface area contributed by atoms with Gasteiger partial charge in [-0.1, -0.05) is 54.6 Å². The largest absolute Gasteiger partial charge is 0.530 e. The molecule has 3 nitrogen and oxygen atoms in total. The first-order chi connectivity index (χ1) is 10.9. The Bertz CT molecular complexity index is 586. The van der Waals surface area contributed by atoms with Gasteiger partial charge in [0.05, 0.1) is 0 Å². The number of hydrogen-bond donors (Lipinski definition) is 0. The lowest BCUT2D eigenvalue weighted by molar-refractivity contribution is 0.388. The van der Waals surface area contributed by atoms with Crippen molar-refractivity contribution in [1.82, 2.24) is 0 Å². The number of para-hydroxylation sites is 3. The summed E-state index contributed by atoms with van der Waals surface area (Å²) in [6.45, 7) is 0. The molecule has 0 aliphatic heterocycles. The predicted molar refractivity (Wildman–Crippen MR) is 119 cm³/mol. The summed E-state index contributed by atoms with van der Waals surface area (Å²) in [5.74, 6) is 2.13. The summed E-state index contributed by atoms with van der Waals surface area (Å²) >= 11 is 0. The second kappa shape index (κ2) is 11.5. The number of benzene rings is 3. The highest BCUT2D eigenvalue weighted by molar-refractivity contribution is 14.0. The second-order valence-electron chi connectivity index (χ2n) is 4.44. The second-order valence-corrected chi connectivity index (χ2v) is 5.43. The smallest absolute Gasteiger partial charge is 0.409 e. The van der Waals surface area contributed by atoms with Crippen LogP contribution in [0, 0.1) is 0 Å². The third-order valence-corrected chi connectivity index (χ3v) is 3.85. The predicted octanol–water partition coefficient (Wildman–Crippen LogP) is 6.69. The van der Waals surface area contributed by atoms with Gasteiger partial charge in [-0.2, -0.15) is 0 Å². The van der Waals surface area contributed by atoms with Crippen LogP contribution in [0.25, 0.3) is 0 Å². The highest BCUT2D eigenvalue weighted by Crippen LogP contribution is 2.41. The van der Waals surface area contributed by atoms with Crippen molar-refractivity contribution in [3.63, 3.8) is 0 Å². The Hall–Kier alpha value is -1.05. The summed E-state index contributed by atoms with van der Waals surface area (Å²) in [5.41, 5.74) is 0. The van der Waals surface area contributed by atoms with Crippen LogP contribution in [0.3, 0.4) is 0 Å². The number of halogens is 2. The van der Waals surface area contributed by atoms with E-state index < -0.39 is 8.60 Å². The van der Waals surface area contributed by atoms with Gasteiger partial charge in [0.15, 0.2) is 0 Å². The molecular weight excluding hydrogens is 549 g/mol. The Labute approximate surface area is 177 Å². The van der Waals surface area contributed by atoms with Crippen molar-refractivity contribution < 1.29 is 13.6 Å². The molecule has 3 aromatic carbocycles.